The lowest BCUT2D eigenvalue weighted by Crippen LogP contribution is -2.41. The van der Waals surface area contributed by atoms with Gasteiger partial charge in [0.25, 0.3) is 0 Å². The lowest BCUT2D eigenvalue weighted by atomic mass is 10.1. The molecule has 0 spiro atoms. The quantitative estimate of drug-likeness (QED) is 0.609. The van der Waals surface area contributed by atoms with E-state index in [9.17, 15) is 4.79 Å². The summed E-state index contributed by atoms with van der Waals surface area (Å²) in [5, 5.41) is 0. The summed E-state index contributed by atoms with van der Waals surface area (Å²) >= 11 is 0. The molecular formula is C10H15NO2. The smallest absolute Gasteiger partial charge is 0.409 e. The predicted octanol–water partition coefficient (Wildman–Crippen LogP) is 1.96. The number of carbonyl (C=O) groups is 1. The van der Waals surface area contributed by atoms with Crippen LogP contribution in [0.2, 0.25) is 0 Å². The summed E-state index contributed by atoms with van der Waals surface area (Å²) < 4.78 is 4.69. The number of rotatable bonds is 2. The zero-order valence-corrected chi connectivity index (χ0v) is 7.90. The first-order valence-electron chi connectivity index (χ1n) is 4.41. The maximum atomic E-state index is 11.3. The standard InChI is InChI=1S/C10H15NO2/c1-3-6-9-7-4-5-8-11(9)10(12)13-2/h3-4,7,9H,1,5-6,8H2,2H3/t9-/m1/s1. The van der Waals surface area contributed by atoms with Crippen molar-refractivity contribution in [2.24, 2.45) is 0 Å². The van der Waals surface area contributed by atoms with E-state index in [0.29, 0.717) is 0 Å². The third-order valence-corrected chi connectivity index (χ3v) is 2.11. The first-order chi connectivity index (χ1) is 6.29. The Morgan fingerprint density at radius 2 is 2.62 bits per heavy atom. The molecule has 0 aromatic rings. The van der Waals surface area contributed by atoms with Gasteiger partial charge in [-0.15, -0.1) is 6.58 Å². The van der Waals surface area contributed by atoms with E-state index in [1.54, 1.807) is 4.90 Å². The molecule has 0 bridgehead atoms. The molecular weight excluding hydrogens is 166 g/mol. The van der Waals surface area contributed by atoms with E-state index in [1.807, 2.05) is 12.2 Å². The molecule has 0 fully saturated rings. The highest BCUT2D eigenvalue weighted by Gasteiger charge is 2.22. The minimum absolute atomic E-state index is 0.124. The van der Waals surface area contributed by atoms with Crippen LogP contribution < -0.4 is 0 Å². The summed E-state index contributed by atoms with van der Waals surface area (Å²) in [6.45, 7) is 4.40. The summed E-state index contributed by atoms with van der Waals surface area (Å²) in [5.41, 5.74) is 0. The molecule has 0 aromatic heterocycles. The van der Waals surface area contributed by atoms with Crippen LogP contribution in [-0.4, -0.2) is 30.7 Å². The molecule has 1 rings (SSSR count). The fraction of sp³-hybridized carbons (Fsp3) is 0.500. The van der Waals surface area contributed by atoms with Crippen molar-refractivity contribution in [1.29, 1.82) is 0 Å². The van der Waals surface area contributed by atoms with E-state index < -0.39 is 0 Å². The van der Waals surface area contributed by atoms with Crippen molar-refractivity contribution in [3.8, 4) is 0 Å². The van der Waals surface area contributed by atoms with Gasteiger partial charge >= 0.3 is 6.09 Å². The van der Waals surface area contributed by atoms with Crippen molar-refractivity contribution in [1.82, 2.24) is 4.90 Å². The van der Waals surface area contributed by atoms with Crippen molar-refractivity contribution in [2.45, 2.75) is 18.9 Å². The van der Waals surface area contributed by atoms with Gasteiger partial charge in [-0.2, -0.15) is 0 Å². The molecule has 72 valence electrons. The third kappa shape index (κ3) is 2.34. The third-order valence-electron chi connectivity index (χ3n) is 2.11. The van der Waals surface area contributed by atoms with Crippen LogP contribution in [0.15, 0.2) is 24.8 Å². The molecule has 0 aliphatic carbocycles. The highest BCUT2D eigenvalue weighted by molar-refractivity contribution is 5.68. The monoisotopic (exact) mass is 181 g/mol. The molecule has 0 aromatic carbocycles. The van der Waals surface area contributed by atoms with Crippen LogP contribution in [0.5, 0.6) is 0 Å². The molecule has 0 saturated carbocycles. The van der Waals surface area contributed by atoms with Crippen LogP contribution in [-0.2, 0) is 4.74 Å². The van der Waals surface area contributed by atoms with Crippen LogP contribution >= 0.6 is 0 Å². The van der Waals surface area contributed by atoms with Crippen LogP contribution in [0.1, 0.15) is 12.8 Å². The topological polar surface area (TPSA) is 29.5 Å². The largest absolute Gasteiger partial charge is 0.453 e. The van der Waals surface area contributed by atoms with E-state index in [4.69, 9.17) is 0 Å². The van der Waals surface area contributed by atoms with Gasteiger partial charge in [-0.1, -0.05) is 18.2 Å². The lowest BCUT2D eigenvalue weighted by Gasteiger charge is -2.30. The number of nitrogens with zero attached hydrogens (tertiary/aromatic N) is 1. The van der Waals surface area contributed by atoms with Gasteiger partial charge in [-0.05, 0) is 12.8 Å². The molecule has 1 atom stereocenters. The molecule has 0 radical (unpaired) electrons. The Kier molecular flexibility index (Phi) is 3.55. The Morgan fingerprint density at radius 3 is 3.23 bits per heavy atom. The first-order valence-corrected chi connectivity index (χ1v) is 4.41. The van der Waals surface area contributed by atoms with Crippen LogP contribution in [0.25, 0.3) is 0 Å². The van der Waals surface area contributed by atoms with Crippen LogP contribution in [0.4, 0.5) is 4.79 Å². The van der Waals surface area contributed by atoms with E-state index in [-0.39, 0.29) is 12.1 Å². The van der Waals surface area contributed by atoms with Gasteiger partial charge in [0.1, 0.15) is 0 Å². The number of hydrogen-bond donors (Lipinski definition) is 0. The SMILES string of the molecule is C=CC[C@@H]1C=CCCN1C(=O)OC. The normalized spacial score (nSPS) is 21.3. The molecule has 1 heterocycles. The second kappa shape index (κ2) is 4.70. The zero-order chi connectivity index (χ0) is 9.68. The van der Waals surface area contributed by atoms with Crippen molar-refractivity contribution in [3.05, 3.63) is 24.8 Å². The minimum Gasteiger partial charge on any atom is -0.453 e. The molecule has 1 amide bonds. The van der Waals surface area contributed by atoms with Gasteiger partial charge in [0.05, 0.1) is 13.2 Å². The second-order valence-corrected chi connectivity index (χ2v) is 2.97. The Balaban J connectivity index is 2.64. The number of hydrogen-bond acceptors (Lipinski definition) is 2. The summed E-state index contributed by atoms with van der Waals surface area (Å²) in [4.78, 5) is 13.0. The van der Waals surface area contributed by atoms with Gasteiger partial charge in [0.2, 0.25) is 0 Å². The number of methoxy groups -OCH3 is 1. The molecule has 13 heavy (non-hydrogen) atoms. The average Bonchev–Trinajstić information content (AvgIpc) is 2.18. The van der Waals surface area contributed by atoms with Gasteiger partial charge < -0.3 is 9.64 Å². The van der Waals surface area contributed by atoms with E-state index in [2.05, 4.69) is 17.4 Å². The molecule has 1 aliphatic rings. The second-order valence-electron chi connectivity index (χ2n) is 2.97. The number of amides is 1. The Labute approximate surface area is 78.7 Å². The molecule has 0 unspecified atom stereocenters. The van der Waals surface area contributed by atoms with Crippen LogP contribution in [0.3, 0.4) is 0 Å². The average molecular weight is 181 g/mol. The molecule has 3 nitrogen and oxygen atoms in total. The predicted molar refractivity (Wildman–Crippen MR) is 51.5 cm³/mol. The summed E-state index contributed by atoms with van der Waals surface area (Å²) in [6.07, 6.45) is 7.37. The fourth-order valence-electron chi connectivity index (χ4n) is 1.46. The summed E-state index contributed by atoms with van der Waals surface area (Å²) in [6, 6.07) is 0.124. The van der Waals surface area contributed by atoms with Crippen molar-refractivity contribution < 1.29 is 9.53 Å². The van der Waals surface area contributed by atoms with E-state index in [1.165, 1.54) is 7.11 Å². The maximum absolute atomic E-state index is 11.3. The highest BCUT2D eigenvalue weighted by atomic mass is 16.5. The van der Waals surface area contributed by atoms with Gasteiger partial charge in [-0.3, -0.25) is 0 Å². The van der Waals surface area contributed by atoms with Gasteiger partial charge in [0, 0.05) is 6.54 Å². The summed E-state index contributed by atoms with van der Waals surface area (Å²) in [5.74, 6) is 0. The Bertz CT molecular complexity index is 223. The summed E-state index contributed by atoms with van der Waals surface area (Å²) in [7, 11) is 1.41. The Morgan fingerprint density at radius 1 is 1.85 bits per heavy atom. The van der Waals surface area contributed by atoms with Gasteiger partial charge in [0.15, 0.2) is 0 Å². The maximum Gasteiger partial charge on any atom is 0.409 e. The Hall–Kier alpha value is -1.25. The molecule has 3 heteroatoms. The lowest BCUT2D eigenvalue weighted by molar-refractivity contribution is 0.112. The first kappa shape index (κ1) is 9.84. The number of carbonyl (C=O) groups excluding carboxylic acids is 1. The van der Waals surface area contributed by atoms with Crippen molar-refractivity contribution in [2.75, 3.05) is 13.7 Å². The molecule has 0 N–H and O–H groups in total. The zero-order valence-electron chi connectivity index (χ0n) is 7.90. The molecule has 1 aliphatic heterocycles. The number of ether oxygens (including phenoxy) is 1. The van der Waals surface area contributed by atoms with Crippen LogP contribution in [0, 0.1) is 0 Å². The van der Waals surface area contributed by atoms with E-state index >= 15 is 0 Å². The molecule has 0 saturated heterocycles. The fourth-order valence-corrected chi connectivity index (χ4v) is 1.46. The minimum atomic E-state index is -0.254. The van der Waals surface area contributed by atoms with E-state index in [0.717, 1.165) is 19.4 Å². The van der Waals surface area contributed by atoms with Gasteiger partial charge in [-0.25, -0.2) is 4.79 Å². The van der Waals surface area contributed by atoms with Crippen molar-refractivity contribution >= 4 is 6.09 Å². The highest BCUT2D eigenvalue weighted by Crippen LogP contribution is 2.14. The van der Waals surface area contributed by atoms with Crippen molar-refractivity contribution in [3.63, 3.8) is 0 Å².